The molecule has 11 nitrogen and oxygen atoms in total. The Morgan fingerprint density at radius 3 is 2.06 bits per heavy atom. The number of alkyl carbamates (subject to hydrolysis) is 1. The minimum atomic E-state index is -0.755. The highest BCUT2D eigenvalue weighted by atomic mass is 16.5. The van der Waals surface area contributed by atoms with E-state index in [9.17, 15) is 19.2 Å². The van der Waals surface area contributed by atoms with Crippen LogP contribution in [-0.4, -0.2) is 70.5 Å². The van der Waals surface area contributed by atoms with Crippen LogP contribution in [-0.2, 0) is 14.3 Å². The van der Waals surface area contributed by atoms with Gasteiger partial charge in [0.1, 0.15) is 11.9 Å². The van der Waals surface area contributed by atoms with Crippen LogP contribution in [0.15, 0.2) is 66.7 Å². The summed E-state index contributed by atoms with van der Waals surface area (Å²) in [6.45, 7) is 8.56. The average Bonchev–Trinajstić information content (AvgIpc) is 3.91. The smallest absolute Gasteiger partial charge is 0.407 e. The van der Waals surface area contributed by atoms with Crippen molar-refractivity contribution in [2.45, 2.75) is 84.0 Å². The second kappa shape index (κ2) is 15.4. The largest absolute Gasteiger partial charge is 0.453 e. The zero-order valence-corrected chi connectivity index (χ0v) is 30.0. The standard InChI is InChI=1S/C40H48N6O5/c1-23(2)24(3)39(49)46-21-7-10-35(46)36-42-33-20-19-30(22-34(33)43-36)28-13-11-26(12-14-28)27-15-17-29(18-16-27)38(48)45-32-9-6-8-31(32)44-37(47)25(4)41-40(50)51-5/h11-20,22-25,31-32,35H,6-10,21H2,1-5H3,(H,41,50)(H,42,43)(H,44,47)(H,45,48)/t24-,25-,31+,32+,35-/m0/s1. The molecule has 6 rings (SSSR count). The van der Waals surface area contributed by atoms with E-state index < -0.39 is 12.1 Å². The van der Waals surface area contributed by atoms with Gasteiger partial charge in [0, 0.05) is 30.1 Å². The second-order valence-electron chi connectivity index (χ2n) is 14.2. The highest BCUT2D eigenvalue weighted by molar-refractivity contribution is 5.95. The van der Waals surface area contributed by atoms with Gasteiger partial charge in [-0.3, -0.25) is 14.4 Å². The molecule has 51 heavy (non-hydrogen) atoms. The molecule has 0 radical (unpaired) electrons. The Bertz CT molecular complexity index is 1890. The second-order valence-corrected chi connectivity index (χ2v) is 14.2. The van der Waals surface area contributed by atoms with Crippen LogP contribution < -0.4 is 16.0 Å². The van der Waals surface area contributed by atoms with Crippen molar-refractivity contribution in [1.82, 2.24) is 30.8 Å². The molecular formula is C40H48N6O5. The van der Waals surface area contributed by atoms with Crippen LogP contribution in [0.4, 0.5) is 4.79 Å². The third kappa shape index (κ3) is 7.92. The molecule has 4 amide bonds. The molecule has 1 aliphatic heterocycles. The normalized spacial score (nSPS) is 19.9. The fraction of sp³-hybridized carbons (Fsp3) is 0.425. The van der Waals surface area contributed by atoms with Crippen LogP contribution >= 0.6 is 0 Å². The Labute approximate surface area is 298 Å². The summed E-state index contributed by atoms with van der Waals surface area (Å²) >= 11 is 0. The van der Waals surface area contributed by atoms with Crippen LogP contribution in [0.2, 0.25) is 0 Å². The predicted molar refractivity (Wildman–Crippen MR) is 197 cm³/mol. The van der Waals surface area contributed by atoms with E-state index in [-0.39, 0.29) is 41.8 Å². The number of methoxy groups -OCH3 is 1. The number of fused-ring (bicyclic) bond motifs is 1. The van der Waals surface area contributed by atoms with E-state index in [0.717, 1.165) is 77.8 Å². The summed E-state index contributed by atoms with van der Waals surface area (Å²) in [4.78, 5) is 60.8. The molecule has 3 aromatic carbocycles. The number of nitrogens with one attached hydrogen (secondary N) is 4. The van der Waals surface area contributed by atoms with Crippen LogP contribution in [0.3, 0.4) is 0 Å². The lowest BCUT2D eigenvalue weighted by Gasteiger charge is -2.27. The van der Waals surface area contributed by atoms with E-state index in [1.54, 1.807) is 6.92 Å². The van der Waals surface area contributed by atoms with Gasteiger partial charge < -0.3 is 30.6 Å². The number of hydrogen-bond donors (Lipinski definition) is 4. The van der Waals surface area contributed by atoms with Gasteiger partial charge in [-0.1, -0.05) is 63.2 Å². The SMILES string of the molecule is COC(=O)N[C@@H](C)C(=O)N[C@@H]1CCC[C@H]1NC(=O)c1ccc(-c2ccc(-c3ccc4nc([C@@H]5CCCN5C(=O)[C@@H](C)C(C)C)[nH]c4c3)cc2)cc1. The molecule has 1 aromatic heterocycles. The van der Waals surface area contributed by atoms with Gasteiger partial charge in [-0.05, 0) is 91.5 Å². The predicted octanol–water partition coefficient (Wildman–Crippen LogP) is 6.36. The van der Waals surface area contributed by atoms with Crippen molar-refractivity contribution in [1.29, 1.82) is 0 Å². The number of carbonyl (C=O) groups excluding carboxylic acids is 4. The molecule has 268 valence electrons. The number of aromatic nitrogens is 2. The number of hydrogen-bond acceptors (Lipinski definition) is 6. The van der Waals surface area contributed by atoms with Crippen molar-refractivity contribution in [3.63, 3.8) is 0 Å². The first-order valence-electron chi connectivity index (χ1n) is 18.0. The van der Waals surface area contributed by atoms with Crippen molar-refractivity contribution < 1.29 is 23.9 Å². The summed E-state index contributed by atoms with van der Waals surface area (Å²) < 4.78 is 4.57. The van der Waals surface area contributed by atoms with Crippen molar-refractivity contribution in [2.24, 2.45) is 11.8 Å². The Balaban J connectivity index is 1.08. The van der Waals surface area contributed by atoms with E-state index in [1.807, 2.05) is 42.2 Å². The van der Waals surface area contributed by atoms with Gasteiger partial charge in [-0.25, -0.2) is 9.78 Å². The molecule has 4 aromatic rings. The van der Waals surface area contributed by atoms with E-state index >= 15 is 0 Å². The fourth-order valence-corrected chi connectivity index (χ4v) is 7.06. The Hall–Kier alpha value is -5.19. The van der Waals surface area contributed by atoms with Gasteiger partial charge in [0.2, 0.25) is 11.8 Å². The number of likely N-dealkylation sites (tertiary alicyclic amines) is 1. The molecule has 2 heterocycles. The quantitative estimate of drug-likeness (QED) is 0.152. The summed E-state index contributed by atoms with van der Waals surface area (Å²) in [6.07, 6.45) is 3.59. The van der Waals surface area contributed by atoms with E-state index in [1.165, 1.54) is 7.11 Å². The van der Waals surface area contributed by atoms with Crippen molar-refractivity contribution in [2.75, 3.05) is 13.7 Å². The molecule has 0 unspecified atom stereocenters. The van der Waals surface area contributed by atoms with E-state index in [4.69, 9.17) is 4.98 Å². The van der Waals surface area contributed by atoms with E-state index in [2.05, 4.69) is 75.9 Å². The van der Waals surface area contributed by atoms with Gasteiger partial charge >= 0.3 is 6.09 Å². The summed E-state index contributed by atoms with van der Waals surface area (Å²) in [6, 6.07) is 20.9. The average molecular weight is 693 g/mol. The molecule has 5 atom stereocenters. The lowest BCUT2D eigenvalue weighted by Crippen LogP contribution is -2.53. The summed E-state index contributed by atoms with van der Waals surface area (Å²) in [5, 5.41) is 8.50. The third-order valence-corrected chi connectivity index (χ3v) is 10.5. The van der Waals surface area contributed by atoms with Crippen molar-refractivity contribution >= 4 is 34.8 Å². The number of nitrogens with zero attached hydrogens (tertiary/aromatic N) is 2. The Kier molecular flexibility index (Phi) is 10.7. The Morgan fingerprint density at radius 1 is 0.804 bits per heavy atom. The minimum Gasteiger partial charge on any atom is -0.453 e. The fourth-order valence-electron chi connectivity index (χ4n) is 7.06. The number of rotatable bonds is 10. The number of aromatic amines is 1. The molecule has 4 N–H and O–H groups in total. The summed E-state index contributed by atoms with van der Waals surface area (Å²) in [5.41, 5.74) is 6.55. The summed E-state index contributed by atoms with van der Waals surface area (Å²) in [7, 11) is 1.24. The topological polar surface area (TPSA) is 146 Å². The van der Waals surface area contributed by atoms with Crippen molar-refractivity contribution in [3.05, 3.63) is 78.1 Å². The molecule has 1 saturated carbocycles. The number of H-pyrrole nitrogens is 1. The molecular weight excluding hydrogens is 644 g/mol. The number of imidazole rings is 1. The molecule has 1 saturated heterocycles. The van der Waals surface area contributed by atoms with Gasteiger partial charge in [0.25, 0.3) is 5.91 Å². The first kappa shape index (κ1) is 35.6. The number of amides is 4. The first-order chi connectivity index (χ1) is 24.5. The van der Waals surface area contributed by atoms with Crippen molar-refractivity contribution in [3.8, 4) is 22.3 Å². The van der Waals surface area contributed by atoms with Gasteiger partial charge in [-0.2, -0.15) is 0 Å². The molecule has 0 spiro atoms. The minimum absolute atomic E-state index is 0.0196. The maximum Gasteiger partial charge on any atom is 0.407 e. The number of benzene rings is 3. The lowest BCUT2D eigenvalue weighted by atomic mass is 9.96. The van der Waals surface area contributed by atoms with Crippen LogP contribution in [0.5, 0.6) is 0 Å². The molecule has 2 aliphatic rings. The summed E-state index contributed by atoms with van der Waals surface area (Å²) in [5.74, 6) is 0.811. The monoisotopic (exact) mass is 692 g/mol. The lowest BCUT2D eigenvalue weighted by molar-refractivity contribution is -0.137. The maximum atomic E-state index is 13.2. The van der Waals surface area contributed by atoms with Crippen LogP contribution in [0, 0.1) is 11.8 Å². The van der Waals surface area contributed by atoms with Gasteiger partial charge in [0.15, 0.2) is 0 Å². The molecule has 1 aliphatic carbocycles. The van der Waals surface area contributed by atoms with Gasteiger partial charge in [-0.15, -0.1) is 0 Å². The molecule has 11 heteroatoms. The molecule has 2 fully saturated rings. The van der Waals surface area contributed by atoms with E-state index in [0.29, 0.717) is 11.5 Å². The Morgan fingerprint density at radius 2 is 1.41 bits per heavy atom. The first-order valence-corrected chi connectivity index (χ1v) is 18.0. The number of carbonyl (C=O) groups is 4. The highest BCUT2D eigenvalue weighted by Gasteiger charge is 2.35. The molecule has 0 bridgehead atoms. The zero-order chi connectivity index (χ0) is 36.2. The highest BCUT2D eigenvalue weighted by Crippen LogP contribution is 2.35. The van der Waals surface area contributed by atoms with Crippen LogP contribution in [0.25, 0.3) is 33.3 Å². The number of ether oxygens (including phenoxy) is 1. The van der Waals surface area contributed by atoms with Gasteiger partial charge in [0.05, 0.1) is 24.2 Å². The third-order valence-electron chi connectivity index (χ3n) is 10.5. The maximum absolute atomic E-state index is 13.2. The zero-order valence-electron chi connectivity index (χ0n) is 30.0. The van der Waals surface area contributed by atoms with Crippen LogP contribution in [0.1, 0.15) is 82.0 Å².